The molecule has 1 aromatic rings. The van der Waals surface area contributed by atoms with Crippen molar-refractivity contribution in [2.75, 3.05) is 31.6 Å². The summed E-state index contributed by atoms with van der Waals surface area (Å²) in [5.41, 5.74) is 0.413. The Hall–Kier alpha value is -2.17. The van der Waals surface area contributed by atoms with Gasteiger partial charge in [0.1, 0.15) is 11.1 Å². The van der Waals surface area contributed by atoms with E-state index in [0.29, 0.717) is 36.9 Å². The lowest BCUT2D eigenvalue weighted by molar-refractivity contribution is -0.130. The van der Waals surface area contributed by atoms with Crippen LogP contribution in [0.3, 0.4) is 0 Å². The third-order valence-electron chi connectivity index (χ3n) is 2.72. The van der Waals surface area contributed by atoms with Gasteiger partial charge in [-0.1, -0.05) is 0 Å². The van der Waals surface area contributed by atoms with E-state index in [2.05, 4.69) is 5.32 Å². The van der Waals surface area contributed by atoms with E-state index in [0.717, 1.165) is 0 Å². The lowest BCUT2D eigenvalue weighted by atomic mass is 10.3. The van der Waals surface area contributed by atoms with Crippen LogP contribution in [-0.2, 0) is 14.3 Å². The van der Waals surface area contributed by atoms with Gasteiger partial charge in [-0.3, -0.25) is 9.59 Å². The summed E-state index contributed by atoms with van der Waals surface area (Å²) < 4.78 is 5.14. The number of nitrogens with one attached hydrogen (secondary N) is 1. The molecule has 0 unspecified atom stereocenters. The van der Waals surface area contributed by atoms with Gasteiger partial charge in [-0.15, -0.1) is 11.3 Å². The smallest absolute Gasteiger partial charge is 0.249 e. The van der Waals surface area contributed by atoms with Crippen LogP contribution < -0.4 is 5.32 Å². The Labute approximate surface area is 120 Å². The Morgan fingerprint density at radius 2 is 2.15 bits per heavy atom. The molecule has 1 saturated heterocycles. The Morgan fingerprint density at radius 3 is 2.85 bits per heavy atom. The number of anilines is 1. The minimum Gasteiger partial charge on any atom is -0.378 e. The molecular formula is C13H13N3O3S. The highest BCUT2D eigenvalue weighted by Gasteiger charge is 2.14. The lowest BCUT2D eigenvalue weighted by Crippen LogP contribution is -2.39. The van der Waals surface area contributed by atoms with Crippen LogP contribution >= 0.6 is 11.3 Å². The minimum atomic E-state index is -0.425. The van der Waals surface area contributed by atoms with Gasteiger partial charge in [0, 0.05) is 25.2 Å². The number of rotatable bonds is 3. The van der Waals surface area contributed by atoms with Crippen molar-refractivity contribution in [1.82, 2.24) is 4.90 Å². The summed E-state index contributed by atoms with van der Waals surface area (Å²) in [6.45, 7) is 2.11. The zero-order chi connectivity index (χ0) is 14.4. The van der Waals surface area contributed by atoms with Gasteiger partial charge in [0.05, 0.1) is 18.8 Å². The molecule has 2 rings (SSSR count). The number of amides is 2. The van der Waals surface area contributed by atoms with Gasteiger partial charge < -0.3 is 15.0 Å². The first-order chi connectivity index (χ1) is 9.70. The fourth-order valence-corrected chi connectivity index (χ4v) is 2.42. The van der Waals surface area contributed by atoms with Gasteiger partial charge >= 0.3 is 0 Å². The summed E-state index contributed by atoms with van der Waals surface area (Å²) in [6, 6.07) is 3.61. The number of morpholine rings is 1. The Balaban J connectivity index is 1.89. The third-order valence-corrected chi connectivity index (χ3v) is 3.55. The number of hydrogen-bond acceptors (Lipinski definition) is 5. The fourth-order valence-electron chi connectivity index (χ4n) is 1.68. The van der Waals surface area contributed by atoms with Gasteiger partial charge in [-0.2, -0.15) is 5.26 Å². The van der Waals surface area contributed by atoms with Crippen LogP contribution in [-0.4, -0.2) is 43.0 Å². The number of ether oxygens (including phenoxy) is 1. The highest BCUT2D eigenvalue weighted by atomic mass is 32.1. The maximum atomic E-state index is 11.8. The zero-order valence-corrected chi connectivity index (χ0v) is 11.5. The molecule has 0 saturated carbocycles. The molecule has 0 aliphatic carbocycles. The van der Waals surface area contributed by atoms with E-state index in [1.54, 1.807) is 16.3 Å². The number of carbonyl (C=O) groups excluding carboxylic acids is 2. The molecule has 0 radical (unpaired) electrons. The van der Waals surface area contributed by atoms with E-state index in [1.165, 1.54) is 23.5 Å². The van der Waals surface area contributed by atoms with Crippen molar-refractivity contribution >= 4 is 28.2 Å². The maximum absolute atomic E-state index is 11.8. The summed E-state index contributed by atoms with van der Waals surface area (Å²) in [6.07, 6.45) is 2.42. The molecule has 0 aromatic carbocycles. The molecule has 0 atom stereocenters. The summed E-state index contributed by atoms with van der Waals surface area (Å²) >= 11 is 1.26. The third kappa shape index (κ3) is 3.66. The van der Waals surface area contributed by atoms with E-state index in [4.69, 9.17) is 10.00 Å². The van der Waals surface area contributed by atoms with Crippen LogP contribution in [0, 0.1) is 11.3 Å². The minimum absolute atomic E-state index is 0.213. The first kappa shape index (κ1) is 14.2. The normalized spacial score (nSPS) is 15.1. The molecule has 1 aliphatic rings. The monoisotopic (exact) mass is 291 g/mol. The average Bonchev–Trinajstić information content (AvgIpc) is 2.92. The second-order valence-corrected chi connectivity index (χ2v) is 4.95. The van der Waals surface area contributed by atoms with Gasteiger partial charge in [-0.25, -0.2) is 0 Å². The summed E-state index contributed by atoms with van der Waals surface area (Å²) in [5, 5.41) is 13.6. The molecule has 2 heterocycles. The Morgan fingerprint density at radius 1 is 1.40 bits per heavy atom. The van der Waals surface area contributed by atoms with Crippen LogP contribution in [0.2, 0.25) is 0 Å². The van der Waals surface area contributed by atoms with Crippen molar-refractivity contribution in [2.24, 2.45) is 0 Å². The highest BCUT2D eigenvalue weighted by Crippen LogP contribution is 2.21. The van der Waals surface area contributed by atoms with Crippen molar-refractivity contribution in [1.29, 1.82) is 5.26 Å². The zero-order valence-electron chi connectivity index (χ0n) is 10.7. The molecule has 6 nitrogen and oxygen atoms in total. The van der Waals surface area contributed by atoms with Crippen LogP contribution in [0.1, 0.15) is 5.56 Å². The molecule has 0 bridgehead atoms. The molecule has 1 fully saturated rings. The van der Waals surface area contributed by atoms with Crippen LogP contribution in [0.25, 0.3) is 0 Å². The standard InChI is InChI=1S/C13H13N3O3S/c14-9-10-3-8-20-13(10)15-11(17)1-2-12(18)16-4-6-19-7-5-16/h1-3,8H,4-7H2,(H,15,17)/b2-1-. The average molecular weight is 291 g/mol. The van der Waals surface area contributed by atoms with Crippen molar-refractivity contribution in [2.45, 2.75) is 0 Å². The molecular weight excluding hydrogens is 278 g/mol. The number of nitrogens with zero attached hydrogens (tertiary/aromatic N) is 2. The largest absolute Gasteiger partial charge is 0.378 e. The van der Waals surface area contributed by atoms with Crippen molar-refractivity contribution in [3.05, 3.63) is 29.2 Å². The summed E-state index contributed by atoms with van der Waals surface area (Å²) in [5.74, 6) is -0.638. The van der Waals surface area contributed by atoms with Gasteiger partial charge in [0.25, 0.3) is 0 Å². The SMILES string of the molecule is N#Cc1ccsc1NC(=O)/C=C\C(=O)N1CCOCC1. The predicted molar refractivity (Wildman–Crippen MR) is 74.2 cm³/mol. The van der Waals surface area contributed by atoms with E-state index in [1.807, 2.05) is 6.07 Å². The molecule has 7 heteroatoms. The lowest BCUT2D eigenvalue weighted by Gasteiger charge is -2.25. The molecule has 2 amide bonds. The molecule has 104 valence electrons. The number of nitriles is 1. The fraction of sp³-hybridized carbons (Fsp3) is 0.308. The summed E-state index contributed by atoms with van der Waals surface area (Å²) in [7, 11) is 0. The highest BCUT2D eigenvalue weighted by molar-refractivity contribution is 7.14. The predicted octanol–water partition coefficient (Wildman–Crippen LogP) is 0.973. The number of carbonyl (C=O) groups is 2. The molecule has 1 aliphatic heterocycles. The molecule has 0 spiro atoms. The maximum Gasteiger partial charge on any atom is 0.249 e. The van der Waals surface area contributed by atoms with Crippen molar-refractivity contribution < 1.29 is 14.3 Å². The summed E-state index contributed by atoms with van der Waals surface area (Å²) in [4.78, 5) is 25.1. The molecule has 20 heavy (non-hydrogen) atoms. The van der Waals surface area contributed by atoms with Crippen molar-refractivity contribution in [3.63, 3.8) is 0 Å². The van der Waals surface area contributed by atoms with E-state index in [-0.39, 0.29) is 5.91 Å². The number of thiophene rings is 1. The first-order valence-corrected chi connectivity index (χ1v) is 6.92. The van der Waals surface area contributed by atoms with Crippen LogP contribution in [0.5, 0.6) is 0 Å². The Bertz CT molecular complexity index is 568. The molecule has 1 aromatic heterocycles. The topological polar surface area (TPSA) is 82.4 Å². The van der Waals surface area contributed by atoms with Gasteiger partial charge in [0.15, 0.2) is 0 Å². The molecule has 1 N–H and O–H groups in total. The quantitative estimate of drug-likeness (QED) is 0.841. The second kappa shape index (κ2) is 6.84. The Kier molecular flexibility index (Phi) is 4.87. The van der Waals surface area contributed by atoms with E-state index < -0.39 is 5.91 Å². The van der Waals surface area contributed by atoms with E-state index >= 15 is 0 Å². The van der Waals surface area contributed by atoms with Crippen LogP contribution in [0.4, 0.5) is 5.00 Å². The van der Waals surface area contributed by atoms with Gasteiger partial charge in [0.2, 0.25) is 11.8 Å². The van der Waals surface area contributed by atoms with Crippen molar-refractivity contribution in [3.8, 4) is 6.07 Å². The van der Waals surface area contributed by atoms with Gasteiger partial charge in [-0.05, 0) is 11.4 Å². The number of hydrogen-bond donors (Lipinski definition) is 1. The first-order valence-electron chi connectivity index (χ1n) is 6.04. The second-order valence-electron chi connectivity index (χ2n) is 4.04. The van der Waals surface area contributed by atoms with Crippen LogP contribution in [0.15, 0.2) is 23.6 Å². The van der Waals surface area contributed by atoms with E-state index in [9.17, 15) is 9.59 Å².